The molecule has 0 atom stereocenters. The molecule has 78 valence electrons. The lowest BCUT2D eigenvalue weighted by atomic mass is 10.1. The molecule has 0 fully saturated rings. The summed E-state index contributed by atoms with van der Waals surface area (Å²) in [6, 6.07) is 3.73. The van der Waals surface area contributed by atoms with E-state index in [1.807, 2.05) is 0 Å². The summed E-state index contributed by atoms with van der Waals surface area (Å²) in [6.45, 7) is 0. The first-order chi connectivity index (χ1) is 7.63. The van der Waals surface area contributed by atoms with Crippen LogP contribution in [-0.2, 0) is 4.74 Å². The lowest BCUT2D eigenvalue weighted by Crippen LogP contribution is -1.98. The molecule has 0 unspecified atom stereocenters. The zero-order valence-electron chi connectivity index (χ0n) is 7.71. The van der Waals surface area contributed by atoms with Gasteiger partial charge >= 0.3 is 11.9 Å². The van der Waals surface area contributed by atoms with Gasteiger partial charge in [-0.25, -0.2) is 9.59 Å². The smallest absolute Gasteiger partial charge is 0.346 e. The molecule has 7 nitrogen and oxygen atoms in total. The van der Waals surface area contributed by atoms with Crippen molar-refractivity contribution >= 4 is 17.8 Å². The van der Waals surface area contributed by atoms with Crippen LogP contribution >= 0.6 is 0 Å². The van der Waals surface area contributed by atoms with E-state index in [2.05, 4.69) is 14.8 Å². The number of amides is 1. The van der Waals surface area contributed by atoms with Crippen molar-refractivity contribution in [3.63, 3.8) is 0 Å². The molecule has 7 heteroatoms. The Labute approximate surface area is 88.3 Å². The van der Waals surface area contributed by atoms with E-state index in [1.54, 1.807) is 0 Å². The van der Waals surface area contributed by atoms with E-state index in [-0.39, 0.29) is 16.7 Å². The highest BCUT2D eigenvalue weighted by atomic mass is 16.6. The van der Waals surface area contributed by atoms with Gasteiger partial charge in [-0.3, -0.25) is 4.79 Å². The molecule has 1 aliphatic heterocycles. The number of carbonyl (C=O) groups excluding carboxylic acids is 3. The fourth-order valence-electron chi connectivity index (χ4n) is 1.32. The van der Waals surface area contributed by atoms with Crippen molar-refractivity contribution in [2.45, 2.75) is 0 Å². The van der Waals surface area contributed by atoms with Gasteiger partial charge < -0.3 is 4.74 Å². The number of benzene rings is 1. The highest BCUT2D eigenvalue weighted by molar-refractivity contribution is 6.15. The van der Waals surface area contributed by atoms with Gasteiger partial charge in [0.05, 0.1) is 11.1 Å². The van der Waals surface area contributed by atoms with Gasteiger partial charge in [0.2, 0.25) is 5.91 Å². The molecule has 1 amide bonds. The molecular formula is C9H3N3O4. The van der Waals surface area contributed by atoms with Gasteiger partial charge in [0.1, 0.15) is 0 Å². The van der Waals surface area contributed by atoms with Crippen molar-refractivity contribution in [1.29, 1.82) is 0 Å². The summed E-state index contributed by atoms with van der Waals surface area (Å²) in [7, 11) is 0. The van der Waals surface area contributed by atoms with Crippen LogP contribution in [0.3, 0.4) is 0 Å². The number of esters is 2. The molecule has 1 aliphatic rings. The molecule has 0 bridgehead atoms. The van der Waals surface area contributed by atoms with Crippen LogP contribution in [0.4, 0.5) is 0 Å². The maximum Gasteiger partial charge on any atom is 0.346 e. The van der Waals surface area contributed by atoms with Gasteiger partial charge in [-0.05, 0) is 22.8 Å². The molecule has 0 spiro atoms. The lowest BCUT2D eigenvalue weighted by Gasteiger charge is -1.95. The number of hydrogen-bond acceptors (Lipinski definition) is 4. The minimum atomic E-state index is -0.822. The Morgan fingerprint density at radius 3 is 2.62 bits per heavy atom. The summed E-state index contributed by atoms with van der Waals surface area (Å²) < 4.78 is 4.33. The fourth-order valence-corrected chi connectivity index (χ4v) is 1.32. The second kappa shape index (κ2) is 3.48. The van der Waals surface area contributed by atoms with Gasteiger partial charge in [-0.15, -0.1) is 0 Å². The molecule has 0 N–H and O–H groups in total. The zero-order valence-corrected chi connectivity index (χ0v) is 7.71. The number of hydrogen-bond donors (Lipinski definition) is 0. The number of azide groups is 1. The molecule has 0 saturated heterocycles. The van der Waals surface area contributed by atoms with E-state index in [0.717, 1.165) is 0 Å². The summed E-state index contributed by atoms with van der Waals surface area (Å²) >= 11 is 0. The second-order valence-electron chi connectivity index (χ2n) is 2.93. The molecule has 16 heavy (non-hydrogen) atoms. The van der Waals surface area contributed by atoms with Crippen molar-refractivity contribution < 1.29 is 19.1 Å². The predicted molar refractivity (Wildman–Crippen MR) is 49.7 cm³/mol. The third-order valence-corrected chi connectivity index (χ3v) is 2.03. The molecule has 1 heterocycles. The van der Waals surface area contributed by atoms with Crippen molar-refractivity contribution in [3.05, 3.63) is 45.3 Å². The number of fused-ring (bicyclic) bond motifs is 1. The second-order valence-corrected chi connectivity index (χ2v) is 2.93. The minimum Gasteiger partial charge on any atom is -0.386 e. The summed E-state index contributed by atoms with van der Waals surface area (Å²) in [5.74, 6) is -2.38. The Hall–Kier alpha value is -2.66. The van der Waals surface area contributed by atoms with Crippen molar-refractivity contribution in [1.82, 2.24) is 0 Å². The third-order valence-electron chi connectivity index (χ3n) is 2.03. The first-order valence-electron chi connectivity index (χ1n) is 4.13. The monoisotopic (exact) mass is 217 g/mol. The van der Waals surface area contributed by atoms with Crippen LogP contribution < -0.4 is 0 Å². The van der Waals surface area contributed by atoms with Gasteiger partial charge in [-0.1, -0.05) is 6.07 Å². The van der Waals surface area contributed by atoms with Crippen LogP contribution in [0.2, 0.25) is 0 Å². The summed E-state index contributed by atoms with van der Waals surface area (Å²) in [4.78, 5) is 35.7. The SMILES string of the molecule is [N-]=[N+]=NC(=O)c1ccc2c(c1)C(=O)OC2=O. The van der Waals surface area contributed by atoms with Crippen LogP contribution in [0, 0.1) is 0 Å². The standard InChI is InChI=1S/C9H3N3O4/c10-12-11-7(13)4-1-2-5-6(3-4)9(15)16-8(5)14/h1-3H. The summed E-state index contributed by atoms with van der Waals surface area (Å²) in [6.07, 6.45) is 0. The van der Waals surface area contributed by atoms with E-state index in [1.165, 1.54) is 18.2 Å². The van der Waals surface area contributed by atoms with Gasteiger partial charge in [0.25, 0.3) is 0 Å². The number of nitrogens with zero attached hydrogens (tertiary/aromatic N) is 3. The van der Waals surface area contributed by atoms with E-state index in [4.69, 9.17) is 5.53 Å². The Morgan fingerprint density at radius 1 is 1.25 bits per heavy atom. The maximum absolute atomic E-state index is 11.2. The highest BCUT2D eigenvalue weighted by Crippen LogP contribution is 2.21. The normalized spacial score (nSPS) is 12.8. The molecular weight excluding hydrogens is 214 g/mol. The summed E-state index contributed by atoms with van der Waals surface area (Å²) in [5, 5.41) is 2.87. The molecule has 0 saturated carbocycles. The van der Waals surface area contributed by atoms with E-state index >= 15 is 0 Å². The van der Waals surface area contributed by atoms with Gasteiger partial charge in [0.15, 0.2) is 0 Å². The molecule has 0 aliphatic carbocycles. The first-order valence-corrected chi connectivity index (χ1v) is 4.13. The van der Waals surface area contributed by atoms with Crippen LogP contribution in [0.5, 0.6) is 0 Å². The number of cyclic esters (lactones) is 2. The first kappa shape index (κ1) is 9.88. The van der Waals surface area contributed by atoms with Crippen LogP contribution in [-0.4, -0.2) is 17.8 Å². The number of ether oxygens (including phenoxy) is 1. The average Bonchev–Trinajstić information content (AvgIpc) is 2.55. The Bertz CT molecular complexity index is 572. The minimum absolute atomic E-state index is 0.00369. The van der Waals surface area contributed by atoms with Crippen molar-refractivity contribution in [3.8, 4) is 0 Å². The van der Waals surface area contributed by atoms with Crippen LogP contribution in [0.15, 0.2) is 23.3 Å². The molecule has 1 aromatic rings. The largest absolute Gasteiger partial charge is 0.386 e. The van der Waals surface area contributed by atoms with E-state index < -0.39 is 17.8 Å². The topological polar surface area (TPSA) is 109 Å². The van der Waals surface area contributed by atoms with Gasteiger partial charge in [-0.2, -0.15) is 0 Å². The average molecular weight is 217 g/mol. The molecule has 1 aromatic carbocycles. The quantitative estimate of drug-likeness (QED) is 0.233. The summed E-state index contributed by atoms with van der Waals surface area (Å²) in [5.41, 5.74) is 8.21. The third kappa shape index (κ3) is 1.41. The van der Waals surface area contributed by atoms with Crippen LogP contribution in [0.25, 0.3) is 10.4 Å². The fraction of sp³-hybridized carbons (Fsp3) is 0. The molecule has 0 aromatic heterocycles. The maximum atomic E-state index is 11.2. The Kier molecular flexibility index (Phi) is 2.15. The molecule has 0 radical (unpaired) electrons. The van der Waals surface area contributed by atoms with E-state index in [9.17, 15) is 14.4 Å². The van der Waals surface area contributed by atoms with E-state index in [0.29, 0.717) is 0 Å². The Balaban J connectivity index is 2.52. The highest BCUT2D eigenvalue weighted by Gasteiger charge is 2.30. The number of rotatable bonds is 1. The van der Waals surface area contributed by atoms with Gasteiger partial charge in [0, 0.05) is 10.5 Å². The lowest BCUT2D eigenvalue weighted by molar-refractivity contribution is 0.0443. The van der Waals surface area contributed by atoms with Crippen molar-refractivity contribution in [2.24, 2.45) is 5.11 Å². The predicted octanol–water partition coefficient (Wildman–Crippen LogP) is 1.45. The Morgan fingerprint density at radius 2 is 1.94 bits per heavy atom. The van der Waals surface area contributed by atoms with Crippen molar-refractivity contribution in [2.75, 3.05) is 0 Å². The zero-order chi connectivity index (χ0) is 11.7. The van der Waals surface area contributed by atoms with Crippen LogP contribution in [0.1, 0.15) is 31.1 Å². The number of carbonyl (C=O) groups is 3. The molecule has 2 rings (SSSR count).